The Morgan fingerprint density at radius 2 is 2.21 bits per heavy atom. The molecule has 0 saturated heterocycles. The number of rotatable bonds is 4. The quantitative estimate of drug-likeness (QED) is 0.560. The van der Waals surface area contributed by atoms with Crippen molar-refractivity contribution in [2.75, 3.05) is 7.11 Å². The number of methoxy groups -OCH3 is 1. The predicted molar refractivity (Wildman–Crippen MR) is 55.7 cm³/mol. The van der Waals surface area contributed by atoms with Crippen LogP contribution in [0, 0.1) is 5.92 Å². The Morgan fingerprint density at radius 3 is 2.71 bits per heavy atom. The van der Waals surface area contributed by atoms with Gasteiger partial charge in [-0.3, -0.25) is 16.3 Å². The average molecular weight is 195 g/mol. The largest absolute Gasteiger partial charge is 0.495 e. The molecule has 0 aromatic carbocycles. The van der Waals surface area contributed by atoms with Gasteiger partial charge in [-0.25, -0.2) is 0 Å². The van der Waals surface area contributed by atoms with Crippen LogP contribution in [-0.2, 0) is 0 Å². The molecule has 78 valence electrons. The fourth-order valence-electron chi connectivity index (χ4n) is 1.46. The lowest BCUT2D eigenvalue weighted by atomic mass is 9.97. The molecule has 0 aliphatic heterocycles. The van der Waals surface area contributed by atoms with E-state index in [2.05, 4.69) is 24.3 Å². The van der Waals surface area contributed by atoms with Gasteiger partial charge in [0.05, 0.1) is 19.3 Å². The molecule has 0 spiro atoms. The first kappa shape index (κ1) is 10.9. The summed E-state index contributed by atoms with van der Waals surface area (Å²) in [6.07, 6.45) is 3.44. The van der Waals surface area contributed by atoms with Crippen LogP contribution in [-0.4, -0.2) is 12.1 Å². The smallest absolute Gasteiger partial charge is 0.141 e. The third kappa shape index (κ3) is 2.21. The molecule has 0 fully saturated rings. The van der Waals surface area contributed by atoms with Crippen LogP contribution < -0.4 is 16.0 Å². The Bertz CT molecular complexity index is 288. The number of ether oxygens (including phenoxy) is 1. The number of nitrogens with one attached hydrogen (secondary N) is 1. The van der Waals surface area contributed by atoms with Crippen LogP contribution in [0.5, 0.6) is 5.75 Å². The van der Waals surface area contributed by atoms with Crippen LogP contribution in [0.15, 0.2) is 18.5 Å². The molecular formula is C10H17N3O. The Morgan fingerprint density at radius 1 is 1.50 bits per heavy atom. The highest BCUT2D eigenvalue weighted by Gasteiger charge is 2.17. The molecule has 0 saturated carbocycles. The highest BCUT2D eigenvalue weighted by atomic mass is 16.5. The molecule has 1 atom stereocenters. The van der Waals surface area contributed by atoms with Crippen molar-refractivity contribution >= 4 is 0 Å². The van der Waals surface area contributed by atoms with Crippen molar-refractivity contribution in [2.24, 2.45) is 11.8 Å². The van der Waals surface area contributed by atoms with Crippen LogP contribution in [0.3, 0.4) is 0 Å². The molecule has 0 radical (unpaired) electrons. The molecule has 14 heavy (non-hydrogen) atoms. The summed E-state index contributed by atoms with van der Waals surface area (Å²) in [5.41, 5.74) is 3.83. The van der Waals surface area contributed by atoms with E-state index >= 15 is 0 Å². The van der Waals surface area contributed by atoms with Crippen molar-refractivity contribution in [1.82, 2.24) is 10.4 Å². The van der Waals surface area contributed by atoms with Crippen molar-refractivity contribution in [1.29, 1.82) is 0 Å². The van der Waals surface area contributed by atoms with E-state index in [0.717, 1.165) is 11.3 Å². The average Bonchev–Trinajstić information content (AvgIpc) is 2.19. The maximum atomic E-state index is 5.50. The van der Waals surface area contributed by atoms with Gasteiger partial charge in [0, 0.05) is 11.8 Å². The molecule has 4 heteroatoms. The minimum absolute atomic E-state index is 0.0907. The summed E-state index contributed by atoms with van der Waals surface area (Å²) in [7, 11) is 1.63. The second-order valence-corrected chi connectivity index (χ2v) is 3.51. The van der Waals surface area contributed by atoms with Crippen LogP contribution in [0.25, 0.3) is 0 Å². The van der Waals surface area contributed by atoms with Crippen molar-refractivity contribution in [2.45, 2.75) is 19.9 Å². The second kappa shape index (κ2) is 4.93. The van der Waals surface area contributed by atoms with Crippen LogP contribution in [0.2, 0.25) is 0 Å². The molecular weight excluding hydrogens is 178 g/mol. The molecule has 3 N–H and O–H groups in total. The van der Waals surface area contributed by atoms with E-state index in [4.69, 9.17) is 10.6 Å². The maximum absolute atomic E-state index is 5.50. The Balaban J connectivity index is 3.02. The standard InChI is InChI=1S/C10H17N3O/c1-7(2)10(13-11)8-4-5-12-6-9(8)14-3/h4-7,10,13H,11H2,1-3H3. The highest BCUT2D eigenvalue weighted by molar-refractivity contribution is 5.32. The first-order valence-electron chi connectivity index (χ1n) is 4.64. The lowest BCUT2D eigenvalue weighted by Gasteiger charge is -2.21. The van der Waals surface area contributed by atoms with Crippen molar-refractivity contribution < 1.29 is 4.74 Å². The molecule has 1 heterocycles. The van der Waals surface area contributed by atoms with Crippen molar-refractivity contribution in [3.05, 3.63) is 24.0 Å². The first-order valence-corrected chi connectivity index (χ1v) is 4.64. The number of nitrogens with zero attached hydrogens (tertiary/aromatic N) is 1. The third-order valence-electron chi connectivity index (χ3n) is 2.22. The van der Waals surface area contributed by atoms with Gasteiger partial charge in [0.1, 0.15) is 5.75 Å². The summed E-state index contributed by atoms with van der Waals surface area (Å²) in [6.45, 7) is 4.20. The third-order valence-corrected chi connectivity index (χ3v) is 2.22. The molecule has 0 aliphatic rings. The van der Waals surface area contributed by atoms with Gasteiger partial charge in [-0.2, -0.15) is 0 Å². The lowest BCUT2D eigenvalue weighted by Crippen LogP contribution is -2.31. The highest BCUT2D eigenvalue weighted by Crippen LogP contribution is 2.27. The van der Waals surface area contributed by atoms with Crippen molar-refractivity contribution in [3.8, 4) is 5.75 Å². The number of hydrazine groups is 1. The number of aromatic nitrogens is 1. The lowest BCUT2D eigenvalue weighted by molar-refractivity contribution is 0.372. The molecule has 1 unspecified atom stereocenters. The Kier molecular flexibility index (Phi) is 3.85. The normalized spacial score (nSPS) is 12.9. The van der Waals surface area contributed by atoms with E-state index in [1.807, 2.05) is 6.07 Å². The summed E-state index contributed by atoms with van der Waals surface area (Å²) in [5.74, 6) is 6.67. The van der Waals surface area contributed by atoms with Crippen LogP contribution in [0.1, 0.15) is 25.5 Å². The SMILES string of the molecule is COc1cnccc1C(NN)C(C)C. The summed E-state index contributed by atoms with van der Waals surface area (Å²) >= 11 is 0. The van der Waals surface area contributed by atoms with Gasteiger partial charge in [0.25, 0.3) is 0 Å². The van der Waals surface area contributed by atoms with Gasteiger partial charge in [0.2, 0.25) is 0 Å². The van der Waals surface area contributed by atoms with Gasteiger partial charge < -0.3 is 4.74 Å². The zero-order valence-electron chi connectivity index (χ0n) is 8.82. The molecule has 0 aliphatic carbocycles. The zero-order valence-corrected chi connectivity index (χ0v) is 8.82. The second-order valence-electron chi connectivity index (χ2n) is 3.51. The molecule has 4 nitrogen and oxygen atoms in total. The maximum Gasteiger partial charge on any atom is 0.141 e. The number of hydrogen-bond acceptors (Lipinski definition) is 4. The molecule has 1 rings (SSSR count). The topological polar surface area (TPSA) is 60.2 Å². The van der Waals surface area contributed by atoms with Crippen LogP contribution in [0.4, 0.5) is 0 Å². The number of nitrogens with two attached hydrogens (primary N) is 1. The monoisotopic (exact) mass is 195 g/mol. The Hall–Kier alpha value is -1.13. The van der Waals surface area contributed by atoms with Crippen molar-refractivity contribution in [3.63, 3.8) is 0 Å². The summed E-state index contributed by atoms with van der Waals surface area (Å²) in [6, 6.07) is 2.01. The number of hydrogen-bond donors (Lipinski definition) is 2. The van der Waals surface area contributed by atoms with Gasteiger partial charge in [-0.05, 0) is 12.0 Å². The van der Waals surface area contributed by atoms with Gasteiger partial charge in [-0.1, -0.05) is 13.8 Å². The molecule has 1 aromatic rings. The number of pyridine rings is 1. The van der Waals surface area contributed by atoms with E-state index in [0.29, 0.717) is 5.92 Å². The zero-order chi connectivity index (χ0) is 10.6. The summed E-state index contributed by atoms with van der Waals surface area (Å²) in [5, 5.41) is 0. The van der Waals surface area contributed by atoms with E-state index in [-0.39, 0.29) is 6.04 Å². The predicted octanol–water partition coefficient (Wildman–Crippen LogP) is 1.25. The fraction of sp³-hybridized carbons (Fsp3) is 0.500. The molecule has 0 amide bonds. The van der Waals surface area contributed by atoms with Gasteiger partial charge in [0.15, 0.2) is 0 Å². The Labute approximate surface area is 84.4 Å². The molecule has 0 bridgehead atoms. The van der Waals surface area contributed by atoms with E-state index in [1.165, 1.54) is 0 Å². The van der Waals surface area contributed by atoms with E-state index in [1.54, 1.807) is 19.5 Å². The summed E-state index contributed by atoms with van der Waals surface area (Å²) < 4.78 is 5.22. The minimum atomic E-state index is 0.0907. The van der Waals surface area contributed by atoms with E-state index in [9.17, 15) is 0 Å². The molecule has 1 aromatic heterocycles. The first-order chi connectivity index (χ1) is 6.70. The minimum Gasteiger partial charge on any atom is -0.495 e. The fourth-order valence-corrected chi connectivity index (χ4v) is 1.46. The summed E-state index contributed by atoms with van der Waals surface area (Å²) in [4.78, 5) is 4.00. The van der Waals surface area contributed by atoms with Gasteiger partial charge >= 0.3 is 0 Å². The van der Waals surface area contributed by atoms with Crippen LogP contribution >= 0.6 is 0 Å². The van der Waals surface area contributed by atoms with E-state index < -0.39 is 0 Å². The van der Waals surface area contributed by atoms with Gasteiger partial charge in [-0.15, -0.1) is 0 Å².